The molecule has 1 N–H and O–H groups in total. The highest BCUT2D eigenvalue weighted by Crippen LogP contribution is 2.35. The summed E-state index contributed by atoms with van der Waals surface area (Å²) < 4.78 is 13.9. The molecule has 0 amide bonds. The van der Waals surface area contributed by atoms with E-state index in [4.69, 9.17) is 32.7 Å². The third kappa shape index (κ3) is 4.60. The lowest BCUT2D eigenvalue weighted by Gasteiger charge is -2.46. The smallest absolute Gasteiger partial charge is 0.313 e. The first-order valence-electron chi connectivity index (χ1n) is 11.6. The summed E-state index contributed by atoms with van der Waals surface area (Å²) in [6.45, 7) is 6.60. The first kappa shape index (κ1) is 24.0. The molecule has 2 aliphatic heterocycles. The number of carboxylic acid groups (broad SMARTS) is 1. The molecular weight excluding hydrogens is 489 g/mol. The van der Waals surface area contributed by atoms with Crippen molar-refractivity contribution in [1.29, 1.82) is 0 Å². The van der Waals surface area contributed by atoms with Gasteiger partial charge in [0.05, 0.1) is 5.52 Å². The molecule has 35 heavy (non-hydrogen) atoms. The number of rotatable bonds is 8. The fourth-order valence-corrected chi connectivity index (χ4v) is 5.17. The molecule has 0 atom stereocenters. The number of hydrogen-bond acceptors (Lipinski definition) is 5. The van der Waals surface area contributed by atoms with E-state index in [1.807, 2.05) is 41.1 Å². The summed E-state index contributed by atoms with van der Waals surface area (Å²) in [5, 5.41) is 15.2. The average molecular weight is 516 g/mol. The Bertz CT molecular complexity index is 1310. The standard InChI is InChI=1S/C26H27Cl2N3O4/c1-16(2)31-22-6-3-17(8-21(22)24(28)29-31)11-34-20-5-4-19-7-18(12-35-23(19)9-20)10-30-14-26(13-27,15-30)25(32)33/h3-9,16H,10-15H2,1-2H3,(H,32,33). The highest BCUT2D eigenvalue weighted by atomic mass is 35.5. The predicted molar refractivity (Wildman–Crippen MR) is 137 cm³/mol. The molecule has 0 aliphatic carbocycles. The minimum Gasteiger partial charge on any atom is -0.489 e. The SMILES string of the molecule is CC(C)n1nc(Cl)c2cc(COc3ccc4c(c3)OCC(CN3CC(CCl)(C(=O)O)C3)=C4)ccc21. The van der Waals surface area contributed by atoms with Crippen LogP contribution in [0.1, 0.15) is 31.0 Å². The fraction of sp³-hybridized carbons (Fsp3) is 0.385. The zero-order valence-electron chi connectivity index (χ0n) is 19.6. The topological polar surface area (TPSA) is 76.8 Å². The van der Waals surface area contributed by atoms with Crippen molar-refractivity contribution in [2.45, 2.75) is 26.5 Å². The highest BCUT2D eigenvalue weighted by Gasteiger charge is 2.48. The molecule has 7 nitrogen and oxygen atoms in total. The van der Waals surface area contributed by atoms with Crippen LogP contribution in [0.15, 0.2) is 42.0 Å². The van der Waals surface area contributed by atoms with Crippen LogP contribution in [0, 0.1) is 5.41 Å². The Labute approximate surface area is 213 Å². The second-order valence-corrected chi connectivity index (χ2v) is 10.2. The number of nitrogens with zero attached hydrogens (tertiary/aromatic N) is 3. The van der Waals surface area contributed by atoms with Crippen LogP contribution in [0.3, 0.4) is 0 Å². The van der Waals surface area contributed by atoms with Crippen LogP contribution >= 0.6 is 23.2 Å². The number of carbonyl (C=O) groups is 1. The number of benzene rings is 2. The summed E-state index contributed by atoms with van der Waals surface area (Å²) in [6, 6.07) is 12.1. The van der Waals surface area contributed by atoms with Gasteiger partial charge in [0.15, 0.2) is 5.15 Å². The zero-order valence-corrected chi connectivity index (χ0v) is 21.1. The van der Waals surface area contributed by atoms with Gasteiger partial charge < -0.3 is 14.6 Å². The van der Waals surface area contributed by atoms with Crippen LogP contribution in [0.2, 0.25) is 5.15 Å². The van der Waals surface area contributed by atoms with E-state index in [-0.39, 0.29) is 11.9 Å². The van der Waals surface area contributed by atoms with Crippen LogP contribution in [-0.2, 0) is 11.4 Å². The lowest BCUT2D eigenvalue weighted by Crippen LogP contribution is -2.61. The van der Waals surface area contributed by atoms with E-state index in [1.54, 1.807) is 0 Å². The van der Waals surface area contributed by atoms with Gasteiger partial charge in [-0.15, -0.1) is 11.6 Å². The van der Waals surface area contributed by atoms with Crippen LogP contribution in [0.25, 0.3) is 17.0 Å². The molecule has 3 aromatic rings. The third-order valence-corrected chi connectivity index (χ3v) is 7.36. The summed E-state index contributed by atoms with van der Waals surface area (Å²) in [5.41, 5.74) is 3.27. The maximum absolute atomic E-state index is 11.4. The van der Waals surface area contributed by atoms with Crippen molar-refractivity contribution in [3.63, 3.8) is 0 Å². The van der Waals surface area contributed by atoms with Crippen molar-refractivity contribution in [2.24, 2.45) is 5.41 Å². The van der Waals surface area contributed by atoms with Crippen molar-refractivity contribution in [2.75, 3.05) is 32.1 Å². The second kappa shape index (κ2) is 9.37. The Morgan fingerprint density at radius 3 is 2.77 bits per heavy atom. The van der Waals surface area contributed by atoms with Crippen LogP contribution in [-0.4, -0.2) is 57.9 Å². The second-order valence-electron chi connectivity index (χ2n) is 9.62. The largest absolute Gasteiger partial charge is 0.489 e. The monoisotopic (exact) mass is 515 g/mol. The molecule has 9 heteroatoms. The van der Waals surface area contributed by atoms with Crippen molar-refractivity contribution < 1.29 is 19.4 Å². The quantitative estimate of drug-likeness (QED) is 0.412. The van der Waals surface area contributed by atoms with E-state index >= 15 is 0 Å². The van der Waals surface area contributed by atoms with Crippen molar-refractivity contribution in [1.82, 2.24) is 14.7 Å². The van der Waals surface area contributed by atoms with E-state index in [0.717, 1.165) is 39.1 Å². The molecule has 0 unspecified atom stereocenters. The molecular formula is C26H27Cl2N3O4. The van der Waals surface area contributed by atoms with Gasteiger partial charge in [-0.3, -0.25) is 14.4 Å². The Morgan fingerprint density at radius 1 is 1.26 bits per heavy atom. The van der Waals surface area contributed by atoms with Gasteiger partial charge in [-0.2, -0.15) is 5.10 Å². The van der Waals surface area contributed by atoms with Gasteiger partial charge in [-0.1, -0.05) is 17.7 Å². The number of carboxylic acids is 1. The Balaban J connectivity index is 1.22. The maximum Gasteiger partial charge on any atom is 0.313 e. The number of alkyl halides is 1. The summed E-state index contributed by atoms with van der Waals surface area (Å²) >= 11 is 12.2. The maximum atomic E-state index is 11.4. The molecule has 0 saturated carbocycles. The molecule has 1 saturated heterocycles. The third-order valence-electron chi connectivity index (χ3n) is 6.57. The van der Waals surface area contributed by atoms with E-state index < -0.39 is 11.4 Å². The van der Waals surface area contributed by atoms with Crippen molar-refractivity contribution in [3.05, 3.63) is 58.3 Å². The van der Waals surface area contributed by atoms with Crippen molar-refractivity contribution >= 4 is 46.2 Å². The first-order valence-corrected chi connectivity index (χ1v) is 12.5. The number of likely N-dealkylation sites (tertiary alicyclic amines) is 1. The number of halogens is 2. The Kier molecular flexibility index (Phi) is 6.42. The Hall–Kier alpha value is -2.74. The Morgan fingerprint density at radius 2 is 2.06 bits per heavy atom. The summed E-state index contributed by atoms with van der Waals surface area (Å²) in [4.78, 5) is 13.5. The number of aliphatic carboxylic acids is 1. The molecule has 5 rings (SSSR count). The van der Waals surface area contributed by atoms with Gasteiger partial charge in [0, 0.05) is 48.6 Å². The van der Waals surface area contributed by atoms with Crippen LogP contribution in [0.5, 0.6) is 11.5 Å². The van der Waals surface area contributed by atoms with Crippen LogP contribution in [0.4, 0.5) is 0 Å². The van der Waals surface area contributed by atoms with Gasteiger partial charge in [-0.25, -0.2) is 0 Å². The minimum atomic E-state index is -0.829. The van der Waals surface area contributed by atoms with Crippen LogP contribution < -0.4 is 9.47 Å². The molecule has 0 bridgehead atoms. The van der Waals surface area contributed by atoms with Gasteiger partial charge in [0.2, 0.25) is 0 Å². The van der Waals surface area contributed by atoms with E-state index in [0.29, 0.717) is 38.0 Å². The molecule has 1 aromatic heterocycles. The molecule has 2 aliphatic rings. The normalized spacial score (nSPS) is 17.0. The lowest BCUT2D eigenvalue weighted by atomic mass is 9.81. The highest BCUT2D eigenvalue weighted by molar-refractivity contribution is 6.34. The summed E-state index contributed by atoms with van der Waals surface area (Å²) in [6.07, 6.45) is 2.10. The van der Waals surface area contributed by atoms with Gasteiger partial charge in [0.25, 0.3) is 0 Å². The summed E-state index contributed by atoms with van der Waals surface area (Å²) in [5.74, 6) is 0.791. The molecule has 184 valence electrons. The lowest BCUT2D eigenvalue weighted by molar-refractivity contribution is -0.157. The zero-order chi connectivity index (χ0) is 24.7. The number of fused-ring (bicyclic) bond motifs is 2. The number of aromatic nitrogens is 2. The van der Waals surface area contributed by atoms with Gasteiger partial charge in [0.1, 0.15) is 30.1 Å². The van der Waals surface area contributed by atoms with Gasteiger partial charge in [-0.05, 0) is 55.3 Å². The molecule has 3 heterocycles. The fourth-order valence-electron chi connectivity index (χ4n) is 4.66. The van der Waals surface area contributed by atoms with Gasteiger partial charge >= 0.3 is 5.97 Å². The van der Waals surface area contributed by atoms with E-state index in [2.05, 4.69) is 29.9 Å². The molecule has 2 aromatic carbocycles. The molecule has 0 radical (unpaired) electrons. The average Bonchev–Trinajstić information content (AvgIpc) is 3.15. The predicted octanol–water partition coefficient (Wildman–Crippen LogP) is 5.25. The molecule has 1 fully saturated rings. The minimum absolute atomic E-state index is 0.127. The summed E-state index contributed by atoms with van der Waals surface area (Å²) in [7, 11) is 0. The number of ether oxygens (including phenoxy) is 2. The molecule has 0 spiro atoms. The first-order chi connectivity index (χ1) is 16.8. The van der Waals surface area contributed by atoms with E-state index in [9.17, 15) is 9.90 Å². The van der Waals surface area contributed by atoms with E-state index in [1.165, 1.54) is 0 Å². The van der Waals surface area contributed by atoms with Crippen molar-refractivity contribution in [3.8, 4) is 11.5 Å². The number of hydrogen-bond donors (Lipinski definition) is 1.